The van der Waals surface area contributed by atoms with Crippen LogP contribution in [-0.2, 0) is 19.6 Å². The maximum absolute atomic E-state index is 12.4. The first-order valence-corrected chi connectivity index (χ1v) is 10.2. The fourth-order valence-corrected chi connectivity index (χ4v) is 3.29. The zero-order valence-corrected chi connectivity index (χ0v) is 16.7. The number of carbonyl (C=O) groups excluding carboxylic acids is 3. The number of amides is 3. The molecule has 2 aromatic rings. The molecule has 0 radical (unpaired) electrons. The molecular formula is C19H21N3O6S. The van der Waals surface area contributed by atoms with Gasteiger partial charge in [0, 0.05) is 12.2 Å². The molecule has 9 nitrogen and oxygen atoms in total. The second-order valence-electron chi connectivity index (χ2n) is 5.90. The van der Waals surface area contributed by atoms with Crippen LogP contribution in [0.1, 0.15) is 24.2 Å². The van der Waals surface area contributed by atoms with Crippen LogP contribution in [0.15, 0.2) is 59.5 Å². The highest BCUT2D eigenvalue weighted by molar-refractivity contribution is 7.92. The van der Waals surface area contributed by atoms with Crippen molar-refractivity contribution >= 4 is 33.6 Å². The molecule has 2 aromatic carbocycles. The number of ether oxygens (including phenoxy) is 1. The van der Waals surface area contributed by atoms with E-state index in [1.54, 1.807) is 25.1 Å². The van der Waals surface area contributed by atoms with Gasteiger partial charge in [-0.1, -0.05) is 24.3 Å². The van der Waals surface area contributed by atoms with Crippen LogP contribution in [0.5, 0.6) is 0 Å². The molecule has 0 saturated heterocycles. The normalized spacial score (nSPS) is 11.8. The number of imide groups is 1. The molecule has 0 fully saturated rings. The minimum absolute atomic E-state index is 0.0379. The molecule has 0 bridgehead atoms. The van der Waals surface area contributed by atoms with E-state index in [9.17, 15) is 22.8 Å². The van der Waals surface area contributed by atoms with Crippen molar-refractivity contribution in [3.8, 4) is 0 Å². The second kappa shape index (κ2) is 9.69. The van der Waals surface area contributed by atoms with Gasteiger partial charge in [-0.25, -0.2) is 18.0 Å². The van der Waals surface area contributed by atoms with Crippen LogP contribution >= 0.6 is 0 Å². The molecule has 0 heterocycles. The van der Waals surface area contributed by atoms with Crippen molar-refractivity contribution in [2.24, 2.45) is 0 Å². The first-order valence-electron chi connectivity index (χ1n) is 8.70. The van der Waals surface area contributed by atoms with Gasteiger partial charge in [-0.3, -0.25) is 14.8 Å². The van der Waals surface area contributed by atoms with Crippen molar-refractivity contribution < 1.29 is 27.5 Å². The van der Waals surface area contributed by atoms with E-state index >= 15 is 0 Å². The lowest BCUT2D eigenvalue weighted by atomic mass is 10.2. The molecule has 154 valence electrons. The highest BCUT2D eigenvalue weighted by Crippen LogP contribution is 2.18. The summed E-state index contributed by atoms with van der Waals surface area (Å²) in [5, 5.41) is 4.42. The van der Waals surface area contributed by atoms with E-state index in [1.807, 2.05) is 5.32 Å². The van der Waals surface area contributed by atoms with Gasteiger partial charge in [-0.2, -0.15) is 0 Å². The number of hydrogen-bond donors (Lipinski definition) is 3. The van der Waals surface area contributed by atoms with Gasteiger partial charge in [0.25, 0.3) is 15.9 Å². The third-order valence-electron chi connectivity index (χ3n) is 3.63. The van der Waals surface area contributed by atoms with Gasteiger partial charge in [0.15, 0.2) is 6.10 Å². The molecule has 2 rings (SSSR count). The number of benzene rings is 2. The molecule has 0 aromatic heterocycles. The average molecular weight is 419 g/mol. The van der Waals surface area contributed by atoms with Crippen LogP contribution in [0.4, 0.5) is 10.5 Å². The fourth-order valence-electron chi connectivity index (χ4n) is 2.22. The van der Waals surface area contributed by atoms with Crippen LogP contribution in [-0.4, -0.2) is 39.0 Å². The molecule has 1 unspecified atom stereocenters. The van der Waals surface area contributed by atoms with Crippen molar-refractivity contribution in [1.29, 1.82) is 0 Å². The van der Waals surface area contributed by atoms with Crippen LogP contribution in [0.25, 0.3) is 0 Å². The topological polar surface area (TPSA) is 131 Å². The highest BCUT2D eigenvalue weighted by Gasteiger charge is 2.21. The van der Waals surface area contributed by atoms with Gasteiger partial charge >= 0.3 is 12.0 Å². The summed E-state index contributed by atoms with van der Waals surface area (Å²) in [6.45, 7) is 3.33. The summed E-state index contributed by atoms with van der Waals surface area (Å²) < 4.78 is 32.2. The first-order chi connectivity index (χ1) is 13.7. The SMILES string of the molecule is CCNC(=O)NC(=O)C(C)OC(=O)c1cccc(NS(=O)(=O)c2ccccc2)c1. The van der Waals surface area contributed by atoms with Crippen molar-refractivity contribution in [3.05, 3.63) is 60.2 Å². The molecule has 0 aliphatic heterocycles. The smallest absolute Gasteiger partial charge is 0.338 e. The Hall–Kier alpha value is -3.40. The minimum Gasteiger partial charge on any atom is -0.449 e. The summed E-state index contributed by atoms with van der Waals surface area (Å²) in [6, 6.07) is 12.7. The zero-order valence-electron chi connectivity index (χ0n) is 15.8. The summed E-state index contributed by atoms with van der Waals surface area (Å²) in [5.41, 5.74) is 0.193. The molecular weight excluding hydrogens is 398 g/mol. The number of nitrogens with one attached hydrogen (secondary N) is 3. The molecule has 0 saturated carbocycles. The van der Waals surface area contributed by atoms with Crippen LogP contribution in [0.2, 0.25) is 0 Å². The molecule has 3 N–H and O–H groups in total. The van der Waals surface area contributed by atoms with E-state index in [-0.39, 0.29) is 16.1 Å². The Morgan fingerprint density at radius 3 is 2.38 bits per heavy atom. The Labute approximate surface area is 168 Å². The van der Waals surface area contributed by atoms with Crippen LogP contribution in [0.3, 0.4) is 0 Å². The lowest BCUT2D eigenvalue weighted by molar-refractivity contribution is -0.127. The van der Waals surface area contributed by atoms with E-state index in [0.29, 0.717) is 6.54 Å². The Bertz CT molecular complexity index is 992. The molecule has 29 heavy (non-hydrogen) atoms. The third kappa shape index (κ3) is 6.32. The van der Waals surface area contributed by atoms with E-state index in [2.05, 4.69) is 10.0 Å². The van der Waals surface area contributed by atoms with E-state index in [0.717, 1.165) is 0 Å². The predicted octanol–water partition coefficient (Wildman–Crippen LogP) is 1.88. The molecule has 1 atom stereocenters. The first kappa shape index (κ1) is 21.9. The van der Waals surface area contributed by atoms with Gasteiger partial charge in [0.2, 0.25) is 0 Å². The zero-order chi connectivity index (χ0) is 21.4. The second-order valence-corrected chi connectivity index (χ2v) is 7.58. The lowest BCUT2D eigenvalue weighted by Gasteiger charge is -2.14. The Kier molecular flexibility index (Phi) is 7.32. The highest BCUT2D eigenvalue weighted by atomic mass is 32.2. The number of esters is 1. The number of urea groups is 1. The summed E-state index contributed by atoms with van der Waals surface area (Å²) >= 11 is 0. The van der Waals surface area contributed by atoms with Gasteiger partial charge in [-0.15, -0.1) is 0 Å². The third-order valence-corrected chi connectivity index (χ3v) is 5.03. The minimum atomic E-state index is -3.82. The number of carbonyl (C=O) groups is 3. The summed E-state index contributed by atoms with van der Waals surface area (Å²) in [7, 11) is -3.82. The van der Waals surface area contributed by atoms with Crippen molar-refractivity contribution in [3.63, 3.8) is 0 Å². The Morgan fingerprint density at radius 2 is 1.72 bits per heavy atom. The summed E-state index contributed by atoms with van der Waals surface area (Å²) in [6.07, 6.45) is -1.23. The van der Waals surface area contributed by atoms with E-state index in [1.165, 1.54) is 43.3 Å². The average Bonchev–Trinajstić information content (AvgIpc) is 2.68. The number of anilines is 1. The maximum atomic E-state index is 12.4. The van der Waals surface area contributed by atoms with Gasteiger partial charge in [0.1, 0.15) is 0 Å². The molecule has 10 heteroatoms. The fraction of sp³-hybridized carbons (Fsp3) is 0.211. The summed E-state index contributed by atoms with van der Waals surface area (Å²) in [5.74, 6) is -1.63. The van der Waals surface area contributed by atoms with E-state index < -0.39 is 34.0 Å². The summed E-state index contributed by atoms with van der Waals surface area (Å²) in [4.78, 5) is 35.6. The lowest BCUT2D eigenvalue weighted by Crippen LogP contribution is -2.44. The number of hydrogen-bond acceptors (Lipinski definition) is 6. The molecule has 0 spiro atoms. The van der Waals surface area contributed by atoms with Crippen LogP contribution in [0, 0.1) is 0 Å². The quantitative estimate of drug-likeness (QED) is 0.588. The Morgan fingerprint density at radius 1 is 1.03 bits per heavy atom. The molecule has 0 aliphatic carbocycles. The molecule has 0 aliphatic rings. The standard InChI is InChI=1S/C19H21N3O6S/c1-3-20-19(25)21-17(23)13(2)28-18(24)14-8-7-9-15(12-14)22-29(26,27)16-10-5-4-6-11-16/h4-13,22H,3H2,1-2H3,(H2,20,21,23,25). The largest absolute Gasteiger partial charge is 0.449 e. The molecule has 3 amide bonds. The predicted molar refractivity (Wildman–Crippen MR) is 106 cm³/mol. The van der Waals surface area contributed by atoms with Gasteiger partial charge in [-0.05, 0) is 44.2 Å². The van der Waals surface area contributed by atoms with Crippen molar-refractivity contribution in [1.82, 2.24) is 10.6 Å². The maximum Gasteiger partial charge on any atom is 0.338 e. The van der Waals surface area contributed by atoms with Gasteiger partial charge < -0.3 is 10.1 Å². The number of rotatable bonds is 7. The van der Waals surface area contributed by atoms with E-state index in [4.69, 9.17) is 4.74 Å². The van der Waals surface area contributed by atoms with Crippen molar-refractivity contribution in [2.45, 2.75) is 24.8 Å². The Balaban J connectivity index is 2.06. The monoisotopic (exact) mass is 419 g/mol. The number of sulfonamides is 1. The van der Waals surface area contributed by atoms with Crippen molar-refractivity contribution in [2.75, 3.05) is 11.3 Å². The van der Waals surface area contributed by atoms with Gasteiger partial charge in [0.05, 0.1) is 10.5 Å². The van der Waals surface area contributed by atoms with Crippen LogP contribution < -0.4 is 15.4 Å².